The molecule has 0 aliphatic rings. The smallest absolute Gasteiger partial charge is 0.248 e. The van der Waals surface area contributed by atoms with E-state index in [4.69, 9.17) is 0 Å². The highest BCUT2D eigenvalue weighted by atomic mass is 32.2. The summed E-state index contributed by atoms with van der Waals surface area (Å²) in [6, 6.07) is 12.9. The van der Waals surface area contributed by atoms with Gasteiger partial charge in [0.05, 0.1) is 20.9 Å². The number of hydrogen-bond donors (Lipinski definition) is 0. The molecule has 0 spiro atoms. The summed E-state index contributed by atoms with van der Waals surface area (Å²) < 4.78 is 27.6. The van der Waals surface area contributed by atoms with Gasteiger partial charge in [0.2, 0.25) is 5.91 Å². The van der Waals surface area contributed by atoms with E-state index in [0.29, 0.717) is 9.70 Å². The molecule has 3 rings (SSSR count). The Balaban J connectivity index is 1.69. The van der Waals surface area contributed by atoms with E-state index in [1.165, 1.54) is 11.3 Å². The Labute approximate surface area is 162 Å². The van der Waals surface area contributed by atoms with Crippen LogP contribution in [0, 0.1) is 13.8 Å². The van der Waals surface area contributed by atoms with Gasteiger partial charge < -0.3 is 4.57 Å². The van der Waals surface area contributed by atoms with Crippen molar-refractivity contribution in [2.24, 2.45) is 12.0 Å². The number of aryl methyl sites for hydroxylation is 3. The Bertz CT molecular complexity index is 1150. The molecule has 0 saturated carbocycles. The van der Waals surface area contributed by atoms with Gasteiger partial charge in [0.1, 0.15) is 0 Å². The summed E-state index contributed by atoms with van der Waals surface area (Å²) in [4.78, 5) is 17.3. The maximum Gasteiger partial charge on any atom is 0.248 e. The fourth-order valence-corrected chi connectivity index (χ4v) is 5.23. The molecule has 0 aliphatic heterocycles. The van der Waals surface area contributed by atoms with Crippen LogP contribution in [0.15, 0.2) is 52.4 Å². The first-order valence-corrected chi connectivity index (χ1v) is 11.2. The fourth-order valence-electron chi connectivity index (χ4n) is 2.79. The lowest BCUT2D eigenvalue weighted by molar-refractivity contribution is -0.118. The zero-order valence-electron chi connectivity index (χ0n) is 15.6. The Morgan fingerprint density at radius 2 is 1.74 bits per heavy atom. The summed E-state index contributed by atoms with van der Waals surface area (Å²) in [5.74, 6) is -0.359. The van der Waals surface area contributed by atoms with Gasteiger partial charge in [0.25, 0.3) is 0 Å². The number of rotatable bonds is 5. The molecule has 5 nitrogen and oxygen atoms in total. The molecule has 0 atom stereocenters. The molecule has 0 saturated heterocycles. The van der Waals surface area contributed by atoms with Crippen molar-refractivity contribution in [3.8, 4) is 0 Å². The largest absolute Gasteiger partial charge is 0.319 e. The van der Waals surface area contributed by atoms with Crippen molar-refractivity contribution >= 4 is 37.3 Å². The molecule has 3 aromatic rings. The third-order valence-electron chi connectivity index (χ3n) is 4.37. The molecule has 1 aromatic heterocycles. The minimum Gasteiger partial charge on any atom is -0.319 e. The van der Waals surface area contributed by atoms with E-state index < -0.39 is 9.84 Å². The Morgan fingerprint density at radius 3 is 2.44 bits per heavy atom. The SMILES string of the molecule is Cc1ccc(S(=O)(=O)CCCC(=O)N=c2sc3cc(C)ccc3n2C)cc1. The van der Waals surface area contributed by atoms with E-state index in [1.807, 2.05) is 37.6 Å². The zero-order valence-corrected chi connectivity index (χ0v) is 17.2. The Morgan fingerprint density at radius 1 is 1.07 bits per heavy atom. The van der Waals surface area contributed by atoms with E-state index in [-0.39, 0.29) is 24.5 Å². The average Bonchev–Trinajstić information content (AvgIpc) is 2.90. The summed E-state index contributed by atoms with van der Waals surface area (Å²) in [6.07, 6.45) is 0.366. The second-order valence-electron chi connectivity index (χ2n) is 6.66. The molecule has 27 heavy (non-hydrogen) atoms. The Hall–Kier alpha value is -2.25. The number of carbonyl (C=O) groups excluding carboxylic acids is 1. The van der Waals surface area contributed by atoms with Crippen LogP contribution < -0.4 is 4.80 Å². The van der Waals surface area contributed by atoms with E-state index >= 15 is 0 Å². The molecule has 0 unspecified atom stereocenters. The number of sulfone groups is 1. The third kappa shape index (κ3) is 4.54. The van der Waals surface area contributed by atoms with Gasteiger partial charge in [-0.05, 0) is 50.1 Å². The van der Waals surface area contributed by atoms with Gasteiger partial charge in [-0.3, -0.25) is 4.79 Å². The van der Waals surface area contributed by atoms with Crippen LogP contribution in [0.2, 0.25) is 0 Å². The van der Waals surface area contributed by atoms with Crippen LogP contribution in [0.3, 0.4) is 0 Å². The summed E-state index contributed by atoms with van der Waals surface area (Å²) in [6.45, 7) is 3.93. The molecular formula is C20H22N2O3S2. The lowest BCUT2D eigenvalue weighted by atomic mass is 10.2. The van der Waals surface area contributed by atoms with Gasteiger partial charge in [-0.1, -0.05) is 35.1 Å². The van der Waals surface area contributed by atoms with Gasteiger partial charge in [-0.2, -0.15) is 4.99 Å². The third-order valence-corrected chi connectivity index (χ3v) is 7.28. The average molecular weight is 403 g/mol. The summed E-state index contributed by atoms with van der Waals surface area (Å²) in [7, 11) is -1.50. The molecule has 0 N–H and O–H groups in total. The van der Waals surface area contributed by atoms with Gasteiger partial charge >= 0.3 is 0 Å². The zero-order chi connectivity index (χ0) is 19.6. The predicted octanol–water partition coefficient (Wildman–Crippen LogP) is 3.54. The number of fused-ring (bicyclic) bond motifs is 1. The van der Waals surface area contributed by atoms with Crippen LogP contribution in [0.4, 0.5) is 0 Å². The first-order valence-electron chi connectivity index (χ1n) is 8.69. The molecular weight excluding hydrogens is 380 g/mol. The highest BCUT2D eigenvalue weighted by molar-refractivity contribution is 7.91. The van der Waals surface area contributed by atoms with Crippen molar-refractivity contribution in [2.75, 3.05) is 5.75 Å². The second-order valence-corrected chi connectivity index (χ2v) is 9.77. The number of carbonyl (C=O) groups is 1. The molecule has 0 aliphatic carbocycles. The molecule has 0 fully saturated rings. The minimum absolute atomic E-state index is 0.0605. The van der Waals surface area contributed by atoms with Crippen molar-refractivity contribution in [2.45, 2.75) is 31.6 Å². The normalized spacial score (nSPS) is 12.6. The number of benzene rings is 2. The number of aromatic nitrogens is 1. The van der Waals surface area contributed by atoms with E-state index in [9.17, 15) is 13.2 Å². The summed E-state index contributed by atoms with van der Waals surface area (Å²) in [5, 5.41) is 0. The minimum atomic E-state index is -3.38. The van der Waals surface area contributed by atoms with Gasteiger partial charge in [-0.15, -0.1) is 0 Å². The monoisotopic (exact) mass is 402 g/mol. The molecule has 0 radical (unpaired) electrons. The second kappa shape index (κ2) is 7.78. The highest BCUT2D eigenvalue weighted by Crippen LogP contribution is 2.18. The Kier molecular flexibility index (Phi) is 5.62. The maximum atomic E-state index is 12.3. The number of amides is 1. The summed E-state index contributed by atoms with van der Waals surface area (Å²) >= 11 is 1.46. The van der Waals surface area contributed by atoms with Crippen molar-refractivity contribution in [1.82, 2.24) is 4.57 Å². The van der Waals surface area contributed by atoms with Crippen LogP contribution in [-0.4, -0.2) is 24.6 Å². The van der Waals surface area contributed by atoms with Crippen LogP contribution in [0.1, 0.15) is 24.0 Å². The number of hydrogen-bond acceptors (Lipinski definition) is 4. The molecule has 1 amide bonds. The predicted molar refractivity (Wildman–Crippen MR) is 109 cm³/mol. The van der Waals surface area contributed by atoms with Crippen LogP contribution in [0.5, 0.6) is 0 Å². The van der Waals surface area contributed by atoms with Gasteiger partial charge in [0.15, 0.2) is 14.6 Å². The summed E-state index contributed by atoms with van der Waals surface area (Å²) in [5.41, 5.74) is 3.19. The lowest BCUT2D eigenvalue weighted by Crippen LogP contribution is -2.14. The van der Waals surface area contributed by atoms with E-state index in [0.717, 1.165) is 21.3 Å². The maximum absolute atomic E-state index is 12.3. The van der Waals surface area contributed by atoms with Gasteiger partial charge in [-0.25, -0.2) is 8.42 Å². The van der Waals surface area contributed by atoms with E-state index in [1.54, 1.807) is 24.3 Å². The van der Waals surface area contributed by atoms with Crippen molar-refractivity contribution in [3.05, 3.63) is 58.4 Å². The first kappa shape index (κ1) is 19.5. The van der Waals surface area contributed by atoms with Crippen molar-refractivity contribution < 1.29 is 13.2 Å². The van der Waals surface area contributed by atoms with Crippen LogP contribution in [0.25, 0.3) is 10.2 Å². The van der Waals surface area contributed by atoms with Crippen molar-refractivity contribution in [3.63, 3.8) is 0 Å². The van der Waals surface area contributed by atoms with Crippen LogP contribution >= 0.6 is 11.3 Å². The molecule has 142 valence electrons. The molecule has 1 heterocycles. The standard InChI is InChI=1S/C20H22N2O3S2/c1-14-6-9-16(10-7-14)27(24,25)12-4-5-19(23)21-20-22(3)17-11-8-15(2)13-18(17)26-20/h6-11,13H,4-5,12H2,1-3H3. The lowest BCUT2D eigenvalue weighted by Gasteiger charge is -2.04. The van der Waals surface area contributed by atoms with Crippen molar-refractivity contribution in [1.29, 1.82) is 0 Å². The van der Waals surface area contributed by atoms with Gasteiger partial charge in [0, 0.05) is 13.5 Å². The first-order chi connectivity index (χ1) is 12.8. The number of thiazole rings is 1. The molecule has 2 aromatic carbocycles. The fraction of sp³-hybridized carbons (Fsp3) is 0.300. The topological polar surface area (TPSA) is 68.5 Å². The highest BCUT2D eigenvalue weighted by Gasteiger charge is 2.15. The quantitative estimate of drug-likeness (QED) is 0.655. The van der Waals surface area contributed by atoms with Crippen LogP contribution in [-0.2, 0) is 21.7 Å². The van der Waals surface area contributed by atoms with E-state index in [2.05, 4.69) is 11.1 Å². The molecule has 0 bridgehead atoms. The molecule has 7 heteroatoms. The number of nitrogens with zero attached hydrogens (tertiary/aromatic N) is 2.